The second-order valence-electron chi connectivity index (χ2n) is 3.62. The molecule has 0 saturated heterocycles. The van der Waals surface area contributed by atoms with Gasteiger partial charge >= 0.3 is 0 Å². The number of hydrogen-bond acceptors (Lipinski definition) is 3. The SMILES string of the molecule is CC(C)C(CCO)NC[C@H](C)O. The third kappa shape index (κ3) is 5.52. The van der Waals surface area contributed by atoms with Crippen LogP contribution in [0.25, 0.3) is 0 Å². The van der Waals surface area contributed by atoms with Crippen molar-refractivity contribution in [3.8, 4) is 0 Å². The van der Waals surface area contributed by atoms with Crippen LogP contribution in [-0.4, -0.2) is 35.5 Å². The molecule has 0 aliphatic rings. The van der Waals surface area contributed by atoms with Gasteiger partial charge < -0.3 is 15.5 Å². The topological polar surface area (TPSA) is 52.5 Å². The van der Waals surface area contributed by atoms with Crippen LogP contribution in [0.5, 0.6) is 0 Å². The van der Waals surface area contributed by atoms with Crippen LogP contribution in [0, 0.1) is 5.92 Å². The molecule has 0 amide bonds. The van der Waals surface area contributed by atoms with Crippen molar-refractivity contribution in [2.75, 3.05) is 13.2 Å². The van der Waals surface area contributed by atoms with Gasteiger partial charge in [0, 0.05) is 19.2 Å². The zero-order valence-electron chi connectivity index (χ0n) is 8.25. The van der Waals surface area contributed by atoms with Crippen LogP contribution in [0.2, 0.25) is 0 Å². The van der Waals surface area contributed by atoms with Crippen LogP contribution in [0.4, 0.5) is 0 Å². The Hall–Kier alpha value is -0.120. The van der Waals surface area contributed by atoms with Crippen LogP contribution in [0.1, 0.15) is 27.2 Å². The standard InChI is InChI=1S/C9H21NO2/c1-7(2)9(4-5-11)10-6-8(3)12/h7-12H,4-6H2,1-3H3/t8-,9?/m0/s1. The van der Waals surface area contributed by atoms with E-state index in [0.717, 1.165) is 6.42 Å². The van der Waals surface area contributed by atoms with E-state index in [1.807, 2.05) is 0 Å². The van der Waals surface area contributed by atoms with Crippen molar-refractivity contribution >= 4 is 0 Å². The van der Waals surface area contributed by atoms with Gasteiger partial charge in [-0.05, 0) is 19.3 Å². The molecule has 0 aromatic carbocycles. The molecule has 3 heteroatoms. The molecule has 0 spiro atoms. The van der Waals surface area contributed by atoms with E-state index in [1.54, 1.807) is 6.92 Å². The van der Waals surface area contributed by atoms with Gasteiger partial charge in [-0.1, -0.05) is 13.8 Å². The summed E-state index contributed by atoms with van der Waals surface area (Å²) in [5.74, 6) is 0.496. The Morgan fingerprint density at radius 1 is 1.25 bits per heavy atom. The number of hydrogen-bond donors (Lipinski definition) is 3. The van der Waals surface area contributed by atoms with E-state index >= 15 is 0 Å². The summed E-state index contributed by atoms with van der Waals surface area (Å²) in [7, 11) is 0. The van der Waals surface area contributed by atoms with Crippen molar-refractivity contribution in [1.82, 2.24) is 5.32 Å². The van der Waals surface area contributed by atoms with Gasteiger partial charge in [-0.15, -0.1) is 0 Å². The van der Waals surface area contributed by atoms with Gasteiger partial charge in [-0.3, -0.25) is 0 Å². The van der Waals surface area contributed by atoms with E-state index in [9.17, 15) is 0 Å². The summed E-state index contributed by atoms with van der Waals surface area (Å²) in [5, 5.41) is 21.0. The van der Waals surface area contributed by atoms with Crippen LogP contribution in [0.3, 0.4) is 0 Å². The molecule has 0 radical (unpaired) electrons. The zero-order chi connectivity index (χ0) is 9.56. The van der Waals surface area contributed by atoms with Gasteiger partial charge in [0.15, 0.2) is 0 Å². The lowest BCUT2D eigenvalue weighted by Crippen LogP contribution is -2.38. The lowest BCUT2D eigenvalue weighted by atomic mass is 10.0. The van der Waals surface area contributed by atoms with E-state index in [2.05, 4.69) is 19.2 Å². The fourth-order valence-electron chi connectivity index (χ4n) is 1.13. The van der Waals surface area contributed by atoms with Crippen molar-refractivity contribution in [2.45, 2.75) is 39.3 Å². The molecule has 0 heterocycles. The normalized spacial score (nSPS) is 16.5. The molecular formula is C9H21NO2. The van der Waals surface area contributed by atoms with Crippen LogP contribution < -0.4 is 5.32 Å². The lowest BCUT2D eigenvalue weighted by molar-refractivity contribution is 0.173. The average molecular weight is 175 g/mol. The van der Waals surface area contributed by atoms with Crippen molar-refractivity contribution in [2.24, 2.45) is 5.92 Å². The second-order valence-corrected chi connectivity index (χ2v) is 3.62. The Morgan fingerprint density at radius 3 is 2.17 bits per heavy atom. The molecule has 0 bridgehead atoms. The molecule has 0 aliphatic carbocycles. The van der Waals surface area contributed by atoms with E-state index in [0.29, 0.717) is 18.5 Å². The highest BCUT2D eigenvalue weighted by Gasteiger charge is 2.12. The molecule has 0 aromatic rings. The molecule has 0 saturated carbocycles. The summed E-state index contributed by atoms with van der Waals surface area (Å²) >= 11 is 0. The van der Waals surface area contributed by atoms with Gasteiger partial charge in [0.1, 0.15) is 0 Å². The highest BCUT2D eigenvalue weighted by Crippen LogP contribution is 2.04. The molecule has 0 aliphatic heterocycles. The molecule has 3 N–H and O–H groups in total. The number of aliphatic hydroxyl groups is 2. The fourth-order valence-corrected chi connectivity index (χ4v) is 1.13. The van der Waals surface area contributed by atoms with Gasteiger partial charge in [0.25, 0.3) is 0 Å². The smallest absolute Gasteiger partial charge is 0.0636 e. The van der Waals surface area contributed by atoms with Gasteiger partial charge in [-0.2, -0.15) is 0 Å². The molecule has 3 nitrogen and oxygen atoms in total. The summed E-state index contributed by atoms with van der Waals surface area (Å²) in [4.78, 5) is 0. The first kappa shape index (κ1) is 11.9. The number of aliphatic hydroxyl groups excluding tert-OH is 2. The third-order valence-corrected chi connectivity index (χ3v) is 1.92. The lowest BCUT2D eigenvalue weighted by Gasteiger charge is -2.22. The minimum Gasteiger partial charge on any atom is -0.396 e. The van der Waals surface area contributed by atoms with E-state index in [1.165, 1.54) is 0 Å². The molecule has 0 aromatic heterocycles. The maximum atomic E-state index is 9.03. The van der Waals surface area contributed by atoms with Gasteiger partial charge in [0.05, 0.1) is 6.10 Å². The van der Waals surface area contributed by atoms with Crippen LogP contribution >= 0.6 is 0 Å². The molecule has 0 fully saturated rings. The zero-order valence-corrected chi connectivity index (χ0v) is 8.25. The van der Waals surface area contributed by atoms with E-state index in [-0.39, 0.29) is 12.7 Å². The maximum absolute atomic E-state index is 9.03. The number of nitrogens with one attached hydrogen (secondary N) is 1. The molecule has 74 valence electrons. The average Bonchev–Trinajstić information content (AvgIpc) is 1.96. The molecule has 1 unspecified atom stereocenters. The molecule has 0 rings (SSSR count). The van der Waals surface area contributed by atoms with Crippen molar-refractivity contribution in [1.29, 1.82) is 0 Å². The van der Waals surface area contributed by atoms with E-state index in [4.69, 9.17) is 10.2 Å². The predicted molar refractivity (Wildman–Crippen MR) is 50.0 cm³/mol. The summed E-state index contributed by atoms with van der Waals surface area (Å²) in [6.45, 7) is 6.77. The van der Waals surface area contributed by atoms with Crippen molar-refractivity contribution in [3.63, 3.8) is 0 Å². The summed E-state index contributed by atoms with van der Waals surface area (Å²) < 4.78 is 0. The maximum Gasteiger partial charge on any atom is 0.0636 e. The Bertz CT molecular complexity index is 105. The fraction of sp³-hybridized carbons (Fsp3) is 1.00. The Morgan fingerprint density at radius 2 is 1.83 bits per heavy atom. The first-order chi connectivity index (χ1) is 5.57. The molecule has 12 heavy (non-hydrogen) atoms. The first-order valence-electron chi connectivity index (χ1n) is 4.60. The largest absolute Gasteiger partial charge is 0.396 e. The van der Waals surface area contributed by atoms with E-state index < -0.39 is 0 Å². The molecule has 2 atom stereocenters. The van der Waals surface area contributed by atoms with Crippen LogP contribution in [-0.2, 0) is 0 Å². The van der Waals surface area contributed by atoms with Gasteiger partial charge in [-0.25, -0.2) is 0 Å². The second kappa shape index (κ2) is 6.40. The molecular weight excluding hydrogens is 154 g/mol. The first-order valence-corrected chi connectivity index (χ1v) is 4.60. The highest BCUT2D eigenvalue weighted by atomic mass is 16.3. The van der Waals surface area contributed by atoms with Crippen molar-refractivity contribution < 1.29 is 10.2 Å². The summed E-state index contributed by atoms with van der Waals surface area (Å²) in [6, 6.07) is 0.310. The monoisotopic (exact) mass is 175 g/mol. The quantitative estimate of drug-likeness (QED) is 0.546. The van der Waals surface area contributed by atoms with Crippen LogP contribution in [0.15, 0.2) is 0 Å². The predicted octanol–water partition coefficient (Wildman–Crippen LogP) is 0.364. The highest BCUT2D eigenvalue weighted by molar-refractivity contribution is 4.70. The third-order valence-electron chi connectivity index (χ3n) is 1.92. The van der Waals surface area contributed by atoms with Gasteiger partial charge in [0.2, 0.25) is 0 Å². The summed E-state index contributed by atoms with van der Waals surface area (Å²) in [6.07, 6.45) is 0.439. The summed E-state index contributed by atoms with van der Waals surface area (Å²) in [5.41, 5.74) is 0. The minimum atomic E-state index is -0.315. The Labute approximate surface area is 74.8 Å². The Balaban J connectivity index is 3.63. The minimum absolute atomic E-state index is 0.204. The Kier molecular flexibility index (Phi) is 6.34. The number of rotatable bonds is 6. The van der Waals surface area contributed by atoms with Crippen molar-refractivity contribution in [3.05, 3.63) is 0 Å².